The van der Waals surface area contributed by atoms with E-state index in [-0.39, 0.29) is 11.1 Å². The van der Waals surface area contributed by atoms with E-state index >= 15 is 0 Å². The van der Waals surface area contributed by atoms with Crippen LogP contribution in [0, 0.1) is 17.7 Å². The van der Waals surface area contributed by atoms with E-state index in [1.165, 1.54) is 6.07 Å². The number of benzene rings is 1. The van der Waals surface area contributed by atoms with Gasteiger partial charge in [-0.2, -0.15) is 0 Å². The number of phenols is 1. The first-order valence-corrected chi connectivity index (χ1v) is 9.11. The van der Waals surface area contributed by atoms with Crippen LogP contribution in [0.2, 0.25) is 0 Å². The van der Waals surface area contributed by atoms with E-state index in [4.69, 9.17) is 5.73 Å². The smallest absolute Gasteiger partial charge is 0.255 e. The number of nitrogens with two attached hydrogens (primary N) is 1. The maximum atomic E-state index is 13.9. The summed E-state index contributed by atoms with van der Waals surface area (Å²) >= 11 is 0. The Hall–Kier alpha value is -3.24. The van der Waals surface area contributed by atoms with Gasteiger partial charge in [-0.25, -0.2) is 4.39 Å². The SMILES string of the molecule is CC1c2ccc(F)c(O)c2C(O)=C2C(=O)C3(O)C(O)=C(C(N)=O)C(=O)CC3C(O)C21. The minimum atomic E-state index is -2.91. The lowest BCUT2D eigenvalue weighted by atomic mass is 9.55. The van der Waals surface area contributed by atoms with Crippen LogP contribution in [0.1, 0.15) is 30.4 Å². The summed E-state index contributed by atoms with van der Waals surface area (Å²) in [6.07, 6.45) is -2.26. The molecule has 30 heavy (non-hydrogen) atoms. The second-order valence-electron chi connectivity index (χ2n) is 7.84. The van der Waals surface area contributed by atoms with E-state index in [0.29, 0.717) is 0 Å². The molecule has 1 amide bonds. The molecule has 0 radical (unpaired) electrons. The highest BCUT2D eigenvalue weighted by Crippen LogP contribution is 2.55. The lowest BCUT2D eigenvalue weighted by Crippen LogP contribution is -2.63. The highest BCUT2D eigenvalue weighted by Gasteiger charge is 2.64. The van der Waals surface area contributed by atoms with Gasteiger partial charge in [0.2, 0.25) is 5.78 Å². The number of halogens is 1. The fraction of sp³-hybridized carbons (Fsp3) is 0.350. The quantitative estimate of drug-likeness (QED) is 0.347. The molecule has 4 rings (SSSR count). The fourth-order valence-corrected chi connectivity index (χ4v) is 4.97. The molecule has 5 unspecified atom stereocenters. The van der Waals surface area contributed by atoms with Crippen molar-refractivity contribution in [2.45, 2.75) is 31.0 Å². The van der Waals surface area contributed by atoms with Crippen LogP contribution in [0.25, 0.3) is 5.76 Å². The number of Topliss-reactive ketones (excluding diaryl/α,β-unsaturated/α-hetero) is 2. The van der Waals surface area contributed by atoms with E-state index in [9.17, 15) is 44.3 Å². The van der Waals surface area contributed by atoms with Crippen molar-refractivity contribution < 1.29 is 44.3 Å². The molecule has 0 aromatic heterocycles. The van der Waals surface area contributed by atoms with Gasteiger partial charge in [-0.1, -0.05) is 13.0 Å². The van der Waals surface area contributed by atoms with E-state index in [2.05, 4.69) is 0 Å². The van der Waals surface area contributed by atoms with Gasteiger partial charge in [-0.15, -0.1) is 0 Å². The number of primary amides is 1. The van der Waals surface area contributed by atoms with Crippen molar-refractivity contribution in [3.8, 4) is 5.75 Å². The van der Waals surface area contributed by atoms with Crippen LogP contribution in [-0.2, 0) is 14.4 Å². The predicted molar refractivity (Wildman–Crippen MR) is 97.4 cm³/mol. The Morgan fingerprint density at radius 1 is 1.23 bits per heavy atom. The number of carbonyl (C=O) groups is 3. The van der Waals surface area contributed by atoms with Crippen LogP contribution in [0.5, 0.6) is 5.75 Å². The molecular weight excluding hydrogens is 401 g/mol. The number of amides is 1. The number of rotatable bonds is 1. The third kappa shape index (κ3) is 2.20. The predicted octanol–water partition coefficient (Wildman–Crippen LogP) is 0.0948. The van der Waals surface area contributed by atoms with Crippen LogP contribution in [-0.4, -0.2) is 54.7 Å². The van der Waals surface area contributed by atoms with Crippen molar-refractivity contribution in [3.05, 3.63) is 46.0 Å². The average molecular weight is 419 g/mol. The molecule has 1 saturated carbocycles. The maximum absolute atomic E-state index is 13.9. The Balaban J connectivity index is 2.03. The number of carbonyl (C=O) groups excluding carboxylic acids is 3. The molecule has 1 fully saturated rings. The number of hydrogen-bond donors (Lipinski definition) is 6. The van der Waals surface area contributed by atoms with Crippen LogP contribution in [0.4, 0.5) is 4.39 Å². The second kappa shape index (κ2) is 6.13. The van der Waals surface area contributed by atoms with Gasteiger partial charge in [-0.05, 0) is 17.5 Å². The van der Waals surface area contributed by atoms with Crippen molar-refractivity contribution in [2.24, 2.45) is 17.6 Å². The van der Waals surface area contributed by atoms with Crippen molar-refractivity contribution >= 4 is 23.2 Å². The topological polar surface area (TPSA) is 178 Å². The zero-order valence-electron chi connectivity index (χ0n) is 15.6. The fourth-order valence-electron chi connectivity index (χ4n) is 4.97. The minimum absolute atomic E-state index is 0.247. The molecule has 7 N–H and O–H groups in total. The van der Waals surface area contributed by atoms with Crippen LogP contribution in [0.3, 0.4) is 0 Å². The normalized spacial score (nSPS) is 33.2. The summed E-state index contributed by atoms with van der Waals surface area (Å²) in [6.45, 7) is 1.56. The number of phenolic OH excluding ortho intramolecular Hbond substituents is 1. The molecule has 1 aromatic carbocycles. The number of aliphatic hydroxyl groups excluding tert-OH is 3. The van der Waals surface area contributed by atoms with Gasteiger partial charge in [0.05, 0.1) is 11.7 Å². The lowest BCUT2D eigenvalue weighted by molar-refractivity contribution is -0.160. The number of hydrogen-bond acceptors (Lipinski definition) is 8. The summed E-state index contributed by atoms with van der Waals surface area (Å²) in [5.41, 5.74) is 0.544. The first-order chi connectivity index (χ1) is 13.9. The van der Waals surface area contributed by atoms with Gasteiger partial charge in [0.1, 0.15) is 17.1 Å². The first-order valence-electron chi connectivity index (χ1n) is 9.11. The summed E-state index contributed by atoms with van der Waals surface area (Å²) in [4.78, 5) is 37.2. The van der Waals surface area contributed by atoms with E-state index in [1.54, 1.807) is 6.92 Å². The molecule has 0 aliphatic heterocycles. The third-order valence-electron chi connectivity index (χ3n) is 6.45. The molecule has 0 heterocycles. The standard InChI is InChI=1S/C20H18FNO8/c1-5-6-2-3-8(21)15(25)11(6)16(26)13-10(5)14(24)7-4-9(23)12(19(22)29)17(27)20(7,30)18(13)28/h2-3,5,7,10,14,24-27,30H,4H2,1H3,(H2,22,29). The monoisotopic (exact) mass is 419 g/mol. The van der Waals surface area contributed by atoms with Gasteiger partial charge in [0.15, 0.2) is 23.0 Å². The molecule has 5 atom stereocenters. The maximum Gasteiger partial charge on any atom is 0.255 e. The number of ketones is 2. The number of fused-ring (bicyclic) bond motifs is 3. The molecule has 1 aromatic rings. The Morgan fingerprint density at radius 3 is 2.47 bits per heavy atom. The van der Waals surface area contributed by atoms with Gasteiger partial charge < -0.3 is 31.3 Å². The summed E-state index contributed by atoms with van der Waals surface area (Å²) < 4.78 is 13.9. The van der Waals surface area contributed by atoms with E-state index < -0.39 is 87.6 Å². The summed E-state index contributed by atoms with van der Waals surface area (Å²) in [5.74, 6) is -11.1. The molecule has 3 aliphatic rings. The lowest BCUT2D eigenvalue weighted by Gasteiger charge is -2.50. The molecule has 3 aliphatic carbocycles. The Bertz CT molecular complexity index is 1110. The van der Waals surface area contributed by atoms with E-state index in [0.717, 1.165) is 6.07 Å². The van der Waals surface area contributed by atoms with Crippen molar-refractivity contribution in [1.82, 2.24) is 0 Å². The van der Waals surface area contributed by atoms with Crippen molar-refractivity contribution in [3.63, 3.8) is 0 Å². The molecule has 10 heteroatoms. The highest BCUT2D eigenvalue weighted by molar-refractivity contribution is 6.22. The Morgan fingerprint density at radius 2 is 1.87 bits per heavy atom. The van der Waals surface area contributed by atoms with E-state index in [1.807, 2.05) is 0 Å². The zero-order chi connectivity index (χ0) is 22.3. The summed E-state index contributed by atoms with van der Waals surface area (Å²) in [5, 5.41) is 53.4. The van der Waals surface area contributed by atoms with Gasteiger partial charge in [0, 0.05) is 23.8 Å². The molecular formula is C20H18FNO8. The highest BCUT2D eigenvalue weighted by atomic mass is 19.1. The molecule has 158 valence electrons. The summed E-state index contributed by atoms with van der Waals surface area (Å²) in [7, 11) is 0. The minimum Gasteiger partial charge on any atom is -0.508 e. The average Bonchev–Trinajstić information content (AvgIpc) is 2.67. The molecule has 0 spiro atoms. The first kappa shape index (κ1) is 20.0. The second-order valence-corrected chi connectivity index (χ2v) is 7.84. The number of aliphatic hydroxyl groups is 4. The van der Waals surface area contributed by atoms with Gasteiger partial charge in [0.25, 0.3) is 5.91 Å². The van der Waals surface area contributed by atoms with Crippen LogP contribution < -0.4 is 5.73 Å². The van der Waals surface area contributed by atoms with Crippen LogP contribution in [0.15, 0.2) is 29.0 Å². The summed E-state index contributed by atoms with van der Waals surface area (Å²) in [6, 6.07) is 2.25. The molecule has 0 saturated heterocycles. The largest absolute Gasteiger partial charge is 0.508 e. The van der Waals surface area contributed by atoms with Gasteiger partial charge >= 0.3 is 0 Å². The Labute approximate surface area is 168 Å². The molecule has 9 nitrogen and oxygen atoms in total. The van der Waals surface area contributed by atoms with Gasteiger partial charge in [-0.3, -0.25) is 14.4 Å². The van der Waals surface area contributed by atoms with Crippen LogP contribution >= 0.6 is 0 Å². The van der Waals surface area contributed by atoms with Crippen molar-refractivity contribution in [2.75, 3.05) is 0 Å². The number of aromatic hydroxyl groups is 1. The third-order valence-corrected chi connectivity index (χ3v) is 6.45. The Kier molecular flexibility index (Phi) is 4.10. The van der Waals surface area contributed by atoms with Crippen molar-refractivity contribution in [1.29, 1.82) is 0 Å². The molecule has 0 bridgehead atoms. The zero-order valence-corrected chi connectivity index (χ0v) is 15.6.